The lowest BCUT2D eigenvalue weighted by molar-refractivity contribution is -0.208. The number of carbonyl (C=O) groups is 1. The van der Waals surface area contributed by atoms with E-state index in [2.05, 4.69) is 10.1 Å². The van der Waals surface area contributed by atoms with Crippen molar-refractivity contribution < 1.29 is 19.0 Å². The van der Waals surface area contributed by atoms with Crippen LogP contribution in [0.15, 0.2) is 0 Å². The van der Waals surface area contributed by atoms with Gasteiger partial charge in [0.25, 0.3) is 5.91 Å². The summed E-state index contributed by atoms with van der Waals surface area (Å²) in [7, 11) is 2.85. The van der Waals surface area contributed by atoms with Crippen LogP contribution in [0.3, 0.4) is 0 Å². The standard InChI is InChI=1S/C7H15NO4/c1-5-12-6(9)8-7(2,10-3)11-4/h5H2,1-4H3,(H,8,9). The van der Waals surface area contributed by atoms with E-state index < -0.39 is 12.0 Å². The van der Waals surface area contributed by atoms with Gasteiger partial charge in [-0.3, -0.25) is 5.32 Å². The predicted octanol–water partition coefficient (Wildman–Crippen LogP) is 0.699. The summed E-state index contributed by atoms with van der Waals surface area (Å²) in [6.07, 6.45) is -0.566. The highest BCUT2D eigenvalue weighted by molar-refractivity contribution is 5.67. The fourth-order valence-corrected chi connectivity index (χ4v) is 0.538. The third-order valence-corrected chi connectivity index (χ3v) is 1.38. The highest BCUT2D eigenvalue weighted by atomic mass is 16.7. The maximum Gasteiger partial charge on any atom is 0.411 e. The van der Waals surface area contributed by atoms with Gasteiger partial charge in [0, 0.05) is 21.1 Å². The molecule has 12 heavy (non-hydrogen) atoms. The maximum atomic E-state index is 10.9. The first-order chi connectivity index (χ1) is 5.58. The highest BCUT2D eigenvalue weighted by Gasteiger charge is 2.25. The second-order valence-electron chi connectivity index (χ2n) is 2.20. The Labute approximate surface area is 72.0 Å². The summed E-state index contributed by atoms with van der Waals surface area (Å²) in [6, 6.07) is 0. The Morgan fingerprint density at radius 3 is 2.25 bits per heavy atom. The van der Waals surface area contributed by atoms with E-state index in [1.165, 1.54) is 14.2 Å². The largest absolute Gasteiger partial charge is 0.450 e. The molecule has 0 heterocycles. The molecule has 0 rings (SSSR count). The van der Waals surface area contributed by atoms with Crippen LogP contribution in [0, 0.1) is 0 Å². The zero-order valence-electron chi connectivity index (χ0n) is 7.84. The van der Waals surface area contributed by atoms with Crippen LogP contribution in [0.25, 0.3) is 0 Å². The van der Waals surface area contributed by atoms with Crippen molar-refractivity contribution in [3.63, 3.8) is 0 Å². The van der Waals surface area contributed by atoms with Crippen LogP contribution in [-0.2, 0) is 14.2 Å². The zero-order chi connectivity index (χ0) is 9.61. The minimum Gasteiger partial charge on any atom is -0.450 e. The van der Waals surface area contributed by atoms with Crippen molar-refractivity contribution >= 4 is 6.09 Å². The van der Waals surface area contributed by atoms with E-state index in [1.807, 2.05) is 0 Å². The van der Waals surface area contributed by atoms with Gasteiger partial charge in [-0.2, -0.15) is 0 Å². The maximum absolute atomic E-state index is 10.9. The summed E-state index contributed by atoms with van der Waals surface area (Å²) in [6.45, 7) is 3.61. The zero-order valence-corrected chi connectivity index (χ0v) is 7.84. The van der Waals surface area contributed by atoms with Gasteiger partial charge in [-0.1, -0.05) is 0 Å². The lowest BCUT2D eigenvalue weighted by Crippen LogP contribution is -2.49. The van der Waals surface area contributed by atoms with E-state index in [0.717, 1.165) is 0 Å². The molecule has 0 saturated heterocycles. The Hall–Kier alpha value is -0.810. The van der Waals surface area contributed by atoms with Crippen LogP contribution in [-0.4, -0.2) is 32.8 Å². The first-order valence-corrected chi connectivity index (χ1v) is 3.63. The lowest BCUT2D eigenvalue weighted by atomic mass is 10.5. The SMILES string of the molecule is CCOC(=O)NC(C)(OC)OC. The topological polar surface area (TPSA) is 56.8 Å². The van der Waals surface area contributed by atoms with Gasteiger partial charge in [-0.15, -0.1) is 0 Å². The first kappa shape index (κ1) is 11.2. The molecule has 0 unspecified atom stereocenters. The molecule has 0 atom stereocenters. The van der Waals surface area contributed by atoms with E-state index in [-0.39, 0.29) is 0 Å². The van der Waals surface area contributed by atoms with Gasteiger partial charge >= 0.3 is 6.09 Å². The number of alkyl carbamates (subject to hydrolysis) is 1. The molecule has 0 aromatic rings. The molecule has 0 fully saturated rings. The monoisotopic (exact) mass is 177 g/mol. The van der Waals surface area contributed by atoms with Gasteiger partial charge in [0.05, 0.1) is 6.61 Å². The number of hydrogen-bond acceptors (Lipinski definition) is 4. The number of nitrogens with one attached hydrogen (secondary N) is 1. The van der Waals surface area contributed by atoms with Gasteiger partial charge < -0.3 is 14.2 Å². The normalized spacial score (nSPS) is 11.0. The number of ether oxygens (including phenoxy) is 3. The van der Waals surface area contributed by atoms with E-state index in [9.17, 15) is 4.79 Å². The fraction of sp³-hybridized carbons (Fsp3) is 0.857. The molecule has 5 heteroatoms. The molecule has 0 aliphatic rings. The summed E-state index contributed by atoms with van der Waals surface area (Å²) in [5.74, 6) is -1.12. The molecule has 0 aliphatic heterocycles. The van der Waals surface area contributed by atoms with Crippen LogP contribution in [0.1, 0.15) is 13.8 Å². The van der Waals surface area contributed by atoms with E-state index in [4.69, 9.17) is 9.47 Å². The quantitative estimate of drug-likeness (QED) is 0.642. The summed E-state index contributed by atoms with van der Waals surface area (Å²) >= 11 is 0. The average Bonchev–Trinajstić information content (AvgIpc) is 2.05. The molecule has 0 saturated carbocycles. The average molecular weight is 177 g/mol. The van der Waals surface area contributed by atoms with Crippen molar-refractivity contribution in [3.05, 3.63) is 0 Å². The van der Waals surface area contributed by atoms with E-state index >= 15 is 0 Å². The first-order valence-electron chi connectivity index (χ1n) is 3.63. The molecule has 0 aromatic carbocycles. The molecule has 1 amide bonds. The van der Waals surface area contributed by atoms with Gasteiger partial charge in [-0.05, 0) is 6.92 Å². The molecule has 0 aromatic heterocycles. The Morgan fingerprint density at radius 1 is 1.42 bits per heavy atom. The van der Waals surface area contributed by atoms with Crippen LogP contribution < -0.4 is 5.32 Å². The Bertz CT molecular complexity index is 144. The third kappa shape index (κ3) is 3.54. The second-order valence-corrected chi connectivity index (χ2v) is 2.20. The van der Waals surface area contributed by atoms with Crippen molar-refractivity contribution in [2.75, 3.05) is 20.8 Å². The smallest absolute Gasteiger partial charge is 0.411 e. The summed E-state index contributed by atoms with van der Waals surface area (Å²) in [4.78, 5) is 10.9. The molecule has 0 spiro atoms. The molecular weight excluding hydrogens is 162 g/mol. The molecule has 0 aliphatic carbocycles. The fourth-order valence-electron chi connectivity index (χ4n) is 0.538. The van der Waals surface area contributed by atoms with Crippen molar-refractivity contribution in [1.29, 1.82) is 0 Å². The number of hydrogen-bond donors (Lipinski definition) is 1. The van der Waals surface area contributed by atoms with Crippen LogP contribution >= 0.6 is 0 Å². The van der Waals surface area contributed by atoms with Crippen molar-refractivity contribution in [1.82, 2.24) is 5.32 Å². The Kier molecular flexibility index (Phi) is 4.61. The Balaban J connectivity index is 3.93. The molecule has 1 N–H and O–H groups in total. The molecule has 5 nitrogen and oxygen atoms in total. The van der Waals surface area contributed by atoms with E-state index in [0.29, 0.717) is 6.61 Å². The molecular formula is C7H15NO4. The van der Waals surface area contributed by atoms with Crippen molar-refractivity contribution in [3.8, 4) is 0 Å². The summed E-state index contributed by atoms with van der Waals surface area (Å²) in [5.41, 5.74) is 0. The number of carbonyl (C=O) groups excluding carboxylic acids is 1. The summed E-state index contributed by atoms with van der Waals surface area (Å²) in [5, 5.41) is 2.39. The highest BCUT2D eigenvalue weighted by Crippen LogP contribution is 2.04. The number of amides is 1. The van der Waals surface area contributed by atoms with Crippen LogP contribution in [0.4, 0.5) is 4.79 Å². The third-order valence-electron chi connectivity index (χ3n) is 1.38. The van der Waals surface area contributed by atoms with Gasteiger partial charge in [-0.25, -0.2) is 4.79 Å². The number of methoxy groups -OCH3 is 2. The predicted molar refractivity (Wildman–Crippen MR) is 42.6 cm³/mol. The van der Waals surface area contributed by atoms with Gasteiger partial charge in [0.1, 0.15) is 0 Å². The molecule has 72 valence electrons. The minimum absolute atomic E-state index is 0.315. The van der Waals surface area contributed by atoms with Gasteiger partial charge in [0.2, 0.25) is 0 Å². The van der Waals surface area contributed by atoms with Crippen molar-refractivity contribution in [2.45, 2.75) is 19.8 Å². The van der Waals surface area contributed by atoms with Crippen molar-refractivity contribution in [2.24, 2.45) is 0 Å². The van der Waals surface area contributed by atoms with Gasteiger partial charge in [0.15, 0.2) is 0 Å². The van der Waals surface area contributed by atoms with Crippen LogP contribution in [0.5, 0.6) is 0 Å². The number of rotatable bonds is 4. The molecule has 0 radical (unpaired) electrons. The second kappa shape index (κ2) is 4.95. The van der Waals surface area contributed by atoms with Crippen LogP contribution in [0.2, 0.25) is 0 Å². The summed E-state index contributed by atoms with van der Waals surface area (Å²) < 4.78 is 14.4. The molecule has 0 bridgehead atoms. The Morgan fingerprint density at radius 2 is 1.92 bits per heavy atom. The van der Waals surface area contributed by atoms with E-state index in [1.54, 1.807) is 13.8 Å². The lowest BCUT2D eigenvalue weighted by Gasteiger charge is -2.26. The minimum atomic E-state index is -1.12.